The lowest BCUT2D eigenvalue weighted by atomic mass is 10.3. The largest absolute Gasteiger partial charge is 0.497 e. The van der Waals surface area contributed by atoms with Gasteiger partial charge in [-0.2, -0.15) is 4.31 Å². The van der Waals surface area contributed by atoms with Crippen LogP contribution in [0.15, 0.2) is 29.2 Å². The minimum absolute atomic E-state index is 0.131. The molecule has 0 bridgehead atoms. The predicted octanol–water partition coefficient (Wildman–Crippen LogP) is -0.184. The lowest BCUT2D eigenvalue weighted by molar-refractivity contribution is -0.122. The number of hydrogen-bond donors (Lipinski definition) is 1. The molecule has 1 aliphatic rings. The van der Waals surface area contributed by atoms with E-state index in [-0.39, 0.29) is 17.3 Å². The van der Waals surface area contributed by atoms with Crippen molar-refractivity contribution in [2.24, 2.45) is 0 Å². The van der Waals surface area contributed by atoms with Crippen LogP contribution in [0.5, 0.6) is 5.75 Å². The molecular weight excluding hydrogens is 256 g/mol. The summed E-state index contributed by atoms with van der Waals surface area (Å²) in [5.74, 6) is 0.309. The molecule has 98 valence electrons. The number of amides is 1. The summed E-state index contributed by atoms with van der Waals surface area (Å²) >= 11 is 0. The van der Waals surface area contributed by atoms with Crippen LogP contribution in [0, 0.1) is 0 Å². The SMILES string of the molecule is COc1ccc(S(=O)(=O)N2CCNC(=O)C2)cc1. The molecule has 1 aromatic rings. The minimum atomic E-state index is -3.60. The lowest BCUT2D eigenvalue weighted by Crippen LogP contribution is -2.49. The van der Waals surface area contributed by atoms with E-state index >= 15 is 0 Å². The average molecular weight is 270 g/mol. The fraction of sp³-hybridized carbons (Fsp3) is 0.364. The van der Waals surface area contributed by atoms with E-state index in [4.69, 9.17) is 4.74 Å². The maximum atomic E-state index is 12.2. The van der Waals surface area contributed by atoms with Gasteiger partial charge in [-0.25, -0.2) is 8.42 Å². The third kappa shape index (κ3) is 2.46. The van der Waals surface area contributed by atoms with Gasteiger partial charge in [0, 0.05) is 13.1 Å². The fourth-order valence-corrected chi connectivity index (χ4v) is 3.11. The summed E-state index contributed by atoms with van der Waals surface area (Å²) in [4.78, 5) is 11.4. The van der Waals surface area contributed by atoms with E-state index in [0.29, 0.717) is 18.8 Å². The second kappa shape index (κ2) is 4.95. The first kappa shape index (κ1) is 12.8. The molecule has 0 spiro atoms. The summed E-state index contributed by atoms with van der Waals surface area (Å²) in [6.07, 6.45) is 0. The molecule has 1 amide bonds. The van der Waals surface area contributed by atoms with Crippen molar-refractivity contribution in [1.29, 1.82) is 0 Å². The van der Waals surface area contributed by atoms with Crippen LogP contribution in [0.25, 0.3) is 0 Å². The molecular formula is C11H14N2O4S. The maximum Gasteiger partial charge on any atom is 0.243 e. The quantitative estimate of drug-likeness (QED) is 0.826. The number of ether oxygens (including phenoxy) is 1. The van der Waals surface area contributed by atoms with Crippen molar-refractivity contribution < 1.29 is 17.9 Å². The molecule has 1 fully saturated rings. The van der Waals surface area contributed by atoms with Crippen LogP contribution in [-0.4, -0.2) is 45.4 Å². The van der Waals surface area contributed by atoms with Crippen LogP contribution in [0.3, 0.4) is 0 Å². The number of nitrogens with zero attached hydrogens (tertiary/aromatic N) is 1. The highest BCUT2D eigenvalue weighted by Gasteiger charge is 2.28. The van der Waals surface area contributed by atoms with Crippen LogP contribution in [0.2, 0.25) is 0 Å². The molecule has 0 unspecified atom stereocenters. The first-order valence-corrected chi connectivity index (χ1v) is 6.89. The zero-order valence-corrected chi connectivity index (χ0v) is 10.7. The Morgan fingerprint density at radius 3 is 2.50 bits per heavy atom. The molecule has 2 rings (SSSR count). The average Bonchev–Trinajstić information content (AvgIpc) is 2.39. The Morgan fingerprint density at radius 1 is 1.28 bits per heavy atom. The Balaban J connectivity index is 2.26. The van der Waals surface area contributed by atoms with Crippen molar-refractivity contribution in [3.8, 4) is 5.75 Å². The molecule has 0 atom stereocenters. The number of benzene rings is 1. The molecule has 0 aromatic heterocycles. The molecule has 0 radical (unpaired) electrons. The van der Waals surface area contributed by atoms with Crippen LogP contribution >= 0.6 is 0 Å². The Hall–Kier alpha value is -1.60. The Kier molecular flexibility index (Phi) is 3.53. The van der Waals surface area contributed by atoms with E-state index in [9.17, 15) is 13.2 Å². The number of carbonyl (C=O) groups excluding carboxylic acids is 1. The Labute approximate surface area is 106 Å². The molecule has 1 saturated heterocycles. The van der Waals surface area contributed by atoms with Crippen molar-refractivity contribution in [2.45, 2.75) is 4.90 Å². The maximum absolute atomic E-state index is 12.2. The zero-order valence-electron chi connectivity index (χ0n) is 9.92. The van der Waals surface area contributed by atoms with Crippen molar-refractivity contribution in [2.75, 3.05) is 26.7 Å². The number of rotatable bonds is 3. The molecule has 1 aromatic carbocycles. The van der Waals surface area contributed by atoms with E-state index in [2.05, 4.69) is 5.32 Å². The molecule has 7 heteroatoms. The van der Waals surface area contributed by atoms with E-state index in [1.807, 2.05) is 0 Å². The van der Waals surface area contributed by atoms with Crippen molar-refractivity contribution >= 4 is 15.9 Å². The van der Waals surface area contributed by atoms with Gasteiger partial charge < -0.3 is 10.1 Å². The second-order valence-electron chi connectivity index (χ2n) is 3.86. The van der Waals surface area contributed by atoms with Crippen LogP contribution in [0.1, 0.15) is 0 Å². The zero-order chi connectivity index (χ0) is 13.2. The van der Waals surface area contributed by atoms with Gasteiger partial charge in [-0.3, -0.25) is 4.79 Å². The van der Waals surface area contributed by atoms with Crippen LogP contribution in [-0.2, 0) is 14.8 Å². The molecule has 1 N–H and O–H groups in total. The van der Waals surface area contributed by atoms with Gasteiger partial charge >= 0.3 is 0 Å². The highest BCUT2D eigenvalue weighted by molar-refractivity contribution is 7.89. The standard InChI is InChI=1S/C11H14N2O4S/c1-17-9-2-4-10(5-3-9)18(15,16)13-7-6-12-11(14)8-13/h2-5H,6-8H2,1H3,(H,12,14). The first-order valence-electron chi connectivity index (χ1n) is 5.45. The third-order valence-electron chi connectivity index (χ3n) is 2.70. The van der Waals surface area contributed by atoms with E-state index < -0.39 is 10.0 Å². The van der Waals surface area contributed by atoms with Crippen molar-refractivity contribution in [1.82, 2.24) is 9.62 Å². The summed E-state index contributed by atoms with van der Waals surface area (Å²) in [6, 6.07) is 6.11. The smallest absolute Gasteiger partial charge is 0.243 e. The number of piperazine rings is 1. The van der Waals surface area contributed by atoms with Crippen LogP contribution < -0.4 is 10.1 Å². The number of methoxy groups -OCH3 is 1. The summed E-state index contributed by atoms with van der Waals surface area (Å²) in [6.45, 7) is 0.503. The highest BCUT2D eigenvalue weighted by Crippen LogP contribution is 2.19. The normalized spacial score (nSPS) is 17.3. The number of carbonyl (C=O) groups is 1. The number of hydrogen-bond acceptors (Lipinski definition) is 4. The molecule has 6 nitrogen and oxygen atoms in total. The van der Waals surface area contributed by atoms with Gasteiger partial charge in [0.2, 0.25) is 15.9 Å². The van der Waals surface area contributed by atoms with Gasteiger partial charge in [0.15, 0.2) is 0 Å². The van der Waals surface area contributed by atoms with Gasteiger partial charge in [-0.05, 0) is 24.3 Å². The molecule has 1 aliphatic heterocycles. The molecule has 18 heavy (non-hydrogen) atoms. The highest BCUT2D eigenvalue weighted by atomic mass is 32.2. The van der Waals surface area contributed by atoms with Crippen LogP contribution in [0.4, 0.5) is 0 Å². The van der Waals surface area contributed by atoms with E-state index in [1.54, 1.807) is 12.1 Å². The first-order chi connectivity index (χ1) is 8.54. The van der Waals surface area contributed by atoms with Crippen molar-refractivity contribution in [3.63, 3.8) is 0 Å². The number of sulfonamides is 1. The molecule has 0 aliphatic carbocycles. The van der Waals surface area contributed by atoms with Gasteiger partial charge in [0.05, 0.1) is 18.6 Å². The summed E-state index contributed by atoms with van der Waals surface area (Å²) in [5, 5.41) is 2.59. The summed E-state index contributed by atoms with van der Waals surface area (Å²) in [5.41, 5.74) is 0. The van der Waals surface area contributed by atoms with E-state index in [1.165, 1.54) is 23.5 Å². The monoisotopic (exact) mass is 270 g/mol. The minimum Gasteiger partial charge on any atom is -0.497 e. The lowest BCUT2D eigenvalue weighted by Gasteiger charge is -2.25. The van der Waals surface area contributed by atoms with E-state index in [0.717, 1.165) is 0 Å². The van der Waals surface area contributed by atoms with Crippen molar-refractivity contribution in [3.05, 3.63) is 24.3 Å². The summed E-state index contributed by atoms with van der Waals surface area (Å²) < 4.78 is 30.6. The topological polar surface area (TPSA) is 75.7 Å². The predicted molar refractivity (Wildman–Crippen MR) is 64.8 cm³/mol. The molecule has 0 saturated carbocycles. The fourth-order valence-electron chi connectivity index (χ4n) is 1.72. The summed E-state index contributed by atoms with van der Waals surface area (Å²) in [7, 11) is -2.09. The Bertz CT molecular complexity index is 539. The van der Waals surface area contributed by atoms with Gasteiger partial charge in [-0.1, -0.05) is 0 Å². The van der Waals surface area contributed by atoms with Gasteiger partial charge in [0.25, 0.3) is 0 Å². The second-order valence-corrected chi connectivity index (χ2v) is 5.80. The third-order valence-corrected chi connectivity index (χ3v) is 4.56. The van der Waals surface area contributed by atoms with Gasteiger partial charge in [0.1, 0.15) is 5.75 Å². The molecule has 1 heterocycles. The Morgan fingerprint density at radius 2 is 1.94 bits per heavy atom. The number of nitrogens with one attached hydrogen (secondary N) is 1. The van der Waals surface area contributed by atoms with Gasteiger partial charge in [-0.15, -0.1) is 0 Å².